The smallest absolute Gasteiger partial charge is 0.210 e. The van der Waals surface area contributed by atoms with Gasteiger partial charge in [0.15, 0.2) is 5.82 Å². The molecule has 0 aliphatic carbocycles. The fraction of sp³-hybridized carbons (Fsp3) is 0.818. The van der Waals surface area contributed by atoms with E-state index in [-0.39, 0.29) is 5.41 Å². The molecule has 0 amide bonds. The second kappa shape index (κ2) is 3.95. The van der Waals surface area contributed by atoms with Gasteiger partial charge in [-0.2, -0.15) is 0 Å². The number of fused-ring (bicyclic) bond motifs is 1. The minimum Gasteiger partial charge on any atom is -0.318 e. The molecule has 0 aromatic carbocycles. The van der Waals surface area contributed by atoms with Crippen LogP contribution in [0.4, 0.5) is 0 Å². The van der Waals surface area contributed by atoms with Gasteiger partial charge in [-0.25, -0.2) is 4.68 Å². The third-order valence-electron chi connectivity index (χ3n) is 2.80. The van der Waals surface area contributed by atoms with Crippen molar-refractivity contribution in [2.24, 2.45) is 5.92 Å². The van der Waals surface area contributed by atoms with Crippen LogP contribution in [0, 0.1) is 5.92 Å². The Morgan fingerprint density at radius 1 is 1.38 bits per heavy atom. The molecule has 1 unspecified atom stereocenters. The Balaban J connectivity index is 2.32. The number of rotatable bonds is 1. The fourth-order valence-electron chi connectivity index (χ4n) is 1.67. The van der Waals surface area contributed by atoms with Crippen LogP contribution in [-0.4, -0.2) is 26.7 Å². The summed E-state index contributed by atoms with van der Waals surface area (Å²) in [4.78, 5) is 0. The molecule has 2 rings (SSSR count). The van der Waals surface area contributed by atoms with E-state index in [0.29, 0.717) is 12.0 Å². The van der Waals surface area contributed by atoms with Crippen molar-refractivity contribution in [1.82, 2.24) is 14.9 Å². The van der Waals surface area contributed by atoms with Crippen molar-refractivity contribution in [3.05, 3.63) is 5.82 Å². The van der Waals surface area contributed by atoms with E-state index in [1.165, 1.54) is 0 Å². The maximum Gasteiger partial charge on any atom is 0.210 e. The van der Waals surface area contributed by atoms with E-state index in [0.717, 1.165) is 16.7 Å². The van der Waals surface area contributed by atoms with Crippen LogP contribution >= 0.6 is 11.8 Å². The highest BCUT2D eigenvalue weighted by atomic mass is 32.2. The molecule has 0 bridgehead atoms. The summed E-state index contributed by atoms with van der Waals surface area (Å²) >= 11 is 1.79. The maximum atomic E-state index is 4.29. The van der Waals surface area contributed by atoms with Crippen LogP contribution < -0.4 is 5.43 Å². The van der Waals surface area contributed by atoms with Gasteiger partial charge in [0.2, 0.25) is 5.16 Å². The van der Waals surface area contributed by atoms with Crippen LogP contribution in [0.2, 0.25) is 0 Å². The molecule has 90 valence electrons. The molecule has 0 saturated heterocycles. The van der Waals surface area contributed by atoms with Crippen LogP contribution in [0.25, 0.3) is 0 Å². The molecule has 16 heavy (non-hydrogen) atoms. The molecule has 0 saturated carbocycles. The number of thioether (sulfide) groups is 1. The molecule has 5 heteroatoms. The molecular weight excluding hydrogens is 220 g/mol. The first-order valence-electron chi connectivity index (χ1n) is 5.75. The topological polar surface area (TPSA) is 42.7 Å². The Hall–Kier alpha value is -0.710. The molecule has 1 aromatic rings. The lowest BCUT2D eigenvalue weighted by Crippen LogP contribution is -2.40. The summed E-state index contributed by atoms with van der Waals surface area (Å²) in [7, 11) is 0. The lowest BCUT2D eigenvalue weighted by atomic mass is 9.96. The summed E-state index contributed by atoms with van der Waals surface area (Å²) < 4.78 is 2.07. The first-order chi connectivity index (χ1) is 7.39. The van der Waals surface area contributed by atoms with E-state index in [9.17, 15) is 0 Å². The lowest BCUT2D eigenvalue weighted by Gasteiger charge is -2.30. The summed E-state index contributed by atoms with van der Waals surface area (Å²) in [6, 6.07) is 0.495. The summed E-state index contributed by atoms with van der Waals surface area (Å²) in [5.74, 6) is 2.70. The fourth-order valence-corrected chi connectivity index (χ4v) is 2.83. The average Bonchev–Trinajstić information content (AvgIpc) is 2.58. The van der Waals surface area contributed by atoms with Gasteiger partial charge >= 0.3 is 0 Å². The van der Waals surface area contributed by atoms with E-state index in [1.807, 2.05) is 0 Å². The average molecular weight is 240 g/mol. The third-order valence-corrected chi connectivity index (χ3v) is 3.84. The van der Waals surface area contributed by atoms with Gasteiger partial charge in [0, 0.05) is 11.2 Å². The van der Waals surface area contributed by atoms with Crippen LogP contribution in [0.3, 0.4) is 0 Å². The molecule has 1 aliphatic heterocycles. The molecule has 0 fully saturated rings. The molecule has 1 atom stereocenters. The van der Waals surface area contributed by atoms with Crippen molar-refractivity contribution in [2.45, 2.75) is 51.2 Å². The van der Waals surface area contributed by atoms with Gasteiger partial charge in [0.25, 0.3) is 0 Å². The van der Waals surface area contributed by atoms with Crippen LogP contribution in [0.5, 0.6) is 0 Å². The van der Waals surface area contributed by atoms with Crippen LogP contribution in [0.1, 0.15) is 40.4 Å². The third kappa shape index (κ3) is 2.05. The van der Waals surface area contributed by atoms with E-state index in [4.69, 9.17) is 0 Å². The zero-order valence-electron chi connectivity index (χ0n) is 10.6. The summed E-state index contributed by atoms with van der Waals surface area (Å²) in [5.41, 5.74) is 3.55. The van der Waals surface area contributed by atoms with Gasteiger partial charge in [-0.3, -0.25) is 0 Å². The normalized spacial score (nSPS) is 20.8. The van der Waals surface area contributed by atoms with E-state index >= 15 is 0 Å². The molecule has 2 heterocycles. The Morgan fingerprint density at radius 3 is 2.62 bits per heavy atom. The van der Waals surface area contributed by atoms with Crippen molar-refractivity contribution < 1.29 is 0 Å². The molecule has 0 spiro atoms. The number of nitrogens with one attached hydrogen (secondary N) is 1. The summed E-state index contributed by atoms with van der Waals surface area (Å²) in [5, 5.41) is 9.51. The van der Waals surface area contributed by atoms with Crippen LogP contribution in [0.15, 0.2) is 5.16 Å². The molecule has 1 aromatic heterocycles. The van der Waals surface area contributed by atoms with Gasteiger partial charge in [0.05, 0.1) is 6.04 Å². The Bertz CT molecular complexity index is 378. The second-order valence-electron chi connectivity index (χ2n) is 5.68. The van der Waals surface area contributed by atoms with Crippen molar-refractivity contribution in [2.75, 3.05) is 11.2 Å². The minimum atomic E-state index is 0.0255. The first kappa shape index (κ1) is 11.8. The number of aromatic nitrogens is 3. The molecule has 1 aliphatic rings. The van der Waals surface area contributed by atoms with Gasteiger partial charge in [-0.1, -0.05) is 46.4 Å². The molecular formula is C11H20N4S. The minimum absolute atomic E-state index is 0.0255. The van der Waals surface area contributed by atoms with Crippen molar-refractivity contribution in [3.63, 3.8) is 0 Å². The van der Waals surface area contributed by atoms with E-state index in [1.54, 1.807) is 11.8 Å². The maximum absolute atomic E-state index is 4.29. The second-order valence-corrected chi connectivity index (χ2v) is 6.67. The molecule has 1 N–H and O–H groups in total. The van der Waals surface area contributed by atoms with E-state index < -0.39 is 0 Å². The number of hydrogen-bond acceptors (Lipinski definition) is 4. The molecule has 0 radical (unpaired) electrons. The van der Waals surface area contributed by atoms with Gasteiger partial charge in [0.1, 0.15) is 0 Å². The predicted octanol–water partition coefficient (Wildman–Crippen LogP) is 2.25. The first-order valence-corrected chi connectivity index (χ1v) is 6.73. The Morgan fingerprint density at radius 2 is 2.06 bits per heavy atom. The largest absolute Gasteiger partial charge is 0.318 e. The Kier molecular flexibility index (Phi) is 2.90. The summed E-state index contributed by atoms with van der Waals surface area (Å²) in [6.07, 6.45) is 0. The zero-order chi connectivity index (χ0) is 11.9. The van der Waals surface area contributed by atoms with Gasteiger partial charge in [-0.15, -0.1) is 10.2 Å². The highest BCUT2D eigenvalue weighted by Gasteiger charge is 2.29. The van der Waals surface area contributed by atoms with Crippen molar-refractivity contribution in [1.29, 1.82) is 0 Å². The van der Waals surface area contributed by atoms with E-state index in [2.05, 4.69) is 54.9 Å². The van der Waals surface area contributed by atoms with Crippen molar-refractivity contribution in [3.8, 4) is 0 Å². The number of hydrogen-bond donors (Lipinski definition) is 1. The zero-order valence-corrected chi connectivity index (χ0v) is 11.4. The lowest BCUT2D eigenvalue weighted by molar-refractivity contribution is 0.460. The highest BCUT2D eigenvalue weighted by Crippen LogP contribution is 2.29. The standard InChI is InChI=1S/C11H20N4S/c1-7(2)8-6-16-10-13-12-9(11(3,4)5)15(10)14-8/h7-8,14H,6H2,1-5H3. The highest BCUT2D eigenvalue weighted by molar-refractivity contribution is 7.99. The van der Waals surface area contributed by atoms with Gasteiger partial charge in [-0.05, 0) is 5.92 Å². The molecule has 4 nitrogen and oxygen atoms in total. The predicted molar refractivity (Wildman–Crippen MR) is 67.4 cm³/mol. The van der Waals surface area contributed by atoms with Crippen molar-refractivity contribution >= 4 is 11.8 Å². The van der Waals surface area contributed by atoms with Crippen LogP contribution in [-0.2, 0) is 5.41 Å². The summed E-state index contributed by atoms with van der Waals surface area (Å²) in [6.45, 7) is 11.0. The SMILES string of the molecule is CC(C)C1CSc2nnc(C(C)(C)C)n2N1. The monoisotopic (exact) mass is 240 g/mol. The number of nitrogens with zero attached hydrogens (tertiary/aromatic N) is 3. The quantitative estimate of drug-likeness (QED) is 0.817. The Labute approximate surface area is 101 Å². The van der Waals surface area contributed by atoms with Gasteiger partial charge < -0.3 is 5.43 Å².